The second-order valence-corrected chi connectivity index (χ2v) is 5.53. The molecule has 0 unspecified atom stereocenters. The van der Waals surface area contributed by atoms with Crippen LogP contribution < -0.4 is 5.32 Å². The summed E-state index contributed by atoms with van der Waals surface area (Å²) in [7, 11) is 0. The molecule has 0 aliphatic carbocycles. The van der Waals surface area contributed by atoms with E-state index < -0.39 is 0 Å². The van der Waals surface area contributed by atoms with Crippen LogP contribution in [-0.4, -0.2) is 24.5 Å². The summed E-state index contributed by atoms with van der Waals surface area (Å²) in [4.78, 5) is 12.6. The Morgan fingerprint density at radius 2 is 2.24 bits per heavy atom. The Morgan fingerprint density at radius 1 is 1.47 bits per heavy atom. The predicted molar refractivity (Wildman–Crippen MR) is 78.7 cm³/mol. The van der Waals surface area contributed by atoms with Crippen LogP contribution in [0.15, 0.2) is 23.1 Å². The molecule has 1 aromatic rings. The van der Waals surface area contributed by atoms with Gasteiger partial charge in [-0.25, -0.2) is 0 Å². The largest absolute Gasteiger partial charge is 0.352 e. The van der Waals surface area contributed by atoms with Crippen LogP contribution in [-0.2, 0) is 0 Å². The number of nitrogens with one attached hydrogen (secondary N) is 1. The van der Waals surface area contributed by atoms with Gasteiger partial charge in [0, 0.05) is 11.4 Å². The van der Waals surface area contributed by atoms with Gasteiger partial charge in [0.2, 0.25) is 0 Å². The second-order valence-electron chi connectivity index (χ2n) is 3.62. The van der Waals surface area contributed by atoms with Gasteiger partial charge in [-0.1, -0.05) is 11.6 Å². The number of thiol groups is 1. The van der Waals surface area contributed by atoms with Crippen molar-refractivity contribution in [2.75, 3.05) is 18.6 Å². The fraction of sp³-hybridized carbons (Fsp3) is 0.417. The van der Waals surface area contributed by atoms with Gasteiger partial charge in [0.25, 0.3) is 5.91 Å². The Labute approximate surface area is 117 Å². The number of hydrogen-bond donors (Lipinski definition) is 2. The standard InChI is InChI=1S/C12H16ClNOS2/c1-17-7-3-2-6-14-12(15)10-8-9(16)4-5-11(10)13/h4-5,8,16H,2-3,6-7H2,1H3,(H,14,15). The summed E-state index contributed by atoms with van der Waals surface area (Å²) >= 11 is 12.0. The monoisotopic (exact) mass is 289 g/mol. The second kappa shape index (κ2) is 7.90. The summed E-state index contributed by atoms with van der Waals surface area (Å²) in [5.74, 6) is 0.998. The van der Waals surface area contributed by atoms with Gasteiger partial charge in [0.1, 0.15) is 0 Å². The number of amides is 1. The lowest BCUT2D eigenvalue weighted by Crippen LogP contribution is -2.24. The van der Waals surface area contributed by atoms with Gasteiger partial charge in [-0.2, -0.15) is 11.8 Å². The smallest absolute Gasteiger partial charge is 0.252 e. The van der Waals surface area contributed by atoms with Gasteiger partial charge in [-0.05, 0) is 43.0 Å². The molecule has 0 aliphatic rings. The number of thioether (sulfide) groups is 1. The molecule has 0 heterocycles. The zero-order valence-electron chi connectivity index (χ0n) is 9.70. The summed E-state index contributed by atoms with van der Waals surface area (Å²) in [5.41, 5.74) is 0.490. The first-order chi connectivity index (χ1) is 8.15. The summed E-state index contributed by atoms with van der Waals surface area (Å²) in [6, 6.07) is 5.13. The van der Waals surface area contributed by atoms with E-state index in [-0.39, 0.29) is 5.91 Å². The molecule has 0 fully saturated rings. The van der Waals surface area contributed by atoms with Crippen molar-refractivity contribution in [3.05, 3.63) is 28.8 Å². The maximum Gasteiger partial charge on any atom is 0.252 e. The molecule has 1 rings (SSSR count). The van der Waals surface area contributed by atoms with E-state index in [1.165, 1.54) is 0 Å². The van der Waals surface area contributed by atoms with E-state index in [1.807, 2.05) is 11.8 Å². The van der Waals surface area contributed by atoms with Gasteiger partial charge < -0.3 is 5.32 Å². The van der Waals surface area contributed by atoms with Gasteiger partial charge in [-0.15, -0.1) is 12.6 Å². The van der Waals surface area contributed by atoms with E-state index in [2.05, 4.69) is 24.2 Å². The van der Waals surface area contributed by atoms with Gasteiger partial charge in [0.05, 0.1) is 10.6 Å². The van der Waals surface area contributed by atoms with Crippen LogP contribution in [0, 0.1) is 0 Å². The number of unbranched alkanes of at least 4 members (excludes halogenated alkanes) is 1. The van der Waals surface area contributed by atoms with Crippen LogP contribution in [0.4, 0.5) is 0 Å². The highest BCUT2D eigenvalue weighted by Gasteiger charge is 2.09. The van der Waals surface area contributed by atoms with Crippen molar-refractivity contribution in [1.82, 2.24) is 5.32 Å². The van der Waals surface area contributed by atoms with Crippen molar-refractivity contribution >= 4 is 41.9 Å². The van der Waals surface area contributed by atoms with Crippen LogP contribution in [0.5, 0.6) is 0 Å². The average Bonchev–Trinajstić information content (AvgIpc) is 2.32. The molecular weight excluding hydrogens is 274 g/mol. The van der Waals surface area contributed by atoms with Crippen LogP contribution in [0.25, 0.3) is 0 Å². The maximum absolute atomic E-state index is 11.8. The molecule has 0 saturated carbocycles. The fourth-order valence-corrected chi connectivity index (χ4v) is 2.26. The first-order valence-corrected chi connectivity index (χ1v) is 7.62. The summed E-state index contributed by atoms with van der Waals surface area (Å²) < 4.78 is 0. The van der Waals surface area contributed by atoms with Gasteiger partial charge >= 0.3 is 0 Å². The van der Waals surface area contributed by atoms with E-state index >= 15 is 0 Å². The first-order valence-electron chi connectivity index (χ1n) is 5.41. The van der Waals surface area contributed by atoms with Crippen molar-refractivity contribution in [2.45, 2.75) is 17.7 Å². The molecule has 0 aliphatic heterocycles. The summed E-state index contributed by atoms with van der Waals surface area (Å²) in [6.45, 7) is 0.687. The number of benzene rings is 1. The number of carbonyl (C=O) groups excluding carboxylic acids is 1. The summed E-state index contributed by atoms with van der Waals surface area (Å²) in [5, 5.41) is 3.32. The molecule has 1 aromatic carbocycles. The zero-order valence-corrected chi connectivity index (χ0v) is 12.2. The predicted octanol–water partition coefficient (Wildman–Crippen LogP) is 3.50. The van der Waals surface area contributed by atoms with E-state index in [1.54, 1.807) is 18.2 Å². The van der Waals surface area contributed by atoms with Crippen LogP contribution in [0.3, 0.4) is 0 Å². The molecular formula is C12H16ClNOS2. The van der Waals surface area contributed by atoms with Crippen LogP contribution in [0.2, 0.25) is 5.02 Å². The fourth-order valence-electron chi connectivity index (χ4n) is 1.36. The SMILES string of the molecule is CSCCCCNC(=O)c1cc(S)ccc1Cl. The van der Waals surface area contributed by atoms with Crippen molar-refractivity contribution in [3.8, 4) is 0 Å². The minimum absolute atomic E-state index is 0.130. The molecule has 1 N–H and O–H groups in total. The third kappa shape index (κ3) is 5.23. The van der Waals surface area contributed by atoms with Crippen molar-refractivity contribution in [1.29, 1.82) is 0 Å². The third-order valence-corrected chi connectivity index (χ3v) is 3.56. The lowest BCUT2D eigenvalue weighted by Gasteiger charge is -2.07. The number of hydrogen-bond acceptors (Lipinski definition) is 3. The molecule has 0 saturated heterocycles. The Bertz CT molecular complexity index is 385. The lowest BCUT2D eigenvalue weighted by molar-refractivity contribution is 0.0953. The molecule has 0 bridgehead atoms. The minimum atomic E-state index is -0.130. The molecule has 0 radical (unpaired) electrons. The van der Waals surface area contributed by atoms with E-state index in [4.69, 9.17) is 11.6 Å². The maximum atomic E-state index is 11.8. The first kappa shape index (κ1) is 14.7. The van der Waals surface area contributed by atoms with Crippen molar-refractivity contribution in [2.24, 2.45) is 0 Å². The molecule has 5 heteroatoms. The molecule has 0 aromatic heterocycles. The Kier molecular flexibility index (Phi) is 6.85. The van der Waals surface area contributed by atoms with Gasteiger partial charge in [-0.3, -0.25) is 4.79 Å². The minimum Gasteiger partial charge on any atom is -0.352 e. The van der Waals surface area contributed by atoms with Crippen molar-refractivity contribution < 1.29 is 4.79 Å². The third-order valence-electron chi connectivity index (χ3n) is 2.26. The molecule has 0 atom stereocenters. The van der Waals surface area contributed by atoms with E-state index in [9.17, 15) is 4.79 Å². The van der Waals surface area contributed by atoms with Gasteiger partial charge in [0.15, 0.2) is 0 Å². The molecule has 0 spiro atoms. The normalized spacial score (nSPS) is 10.3. The lowest BCUT2D eigenvalue weighted by atomic mass is 10.2. The summed E-state index contributed by atoms with van der Waals surface area (Å²) in [6.07, 6.45) is 4.18. The molecule has 17 heavy (non-hydrogen) atoms. The van der Waals surface area contributed by atoms with Crippen LogP contribution in [0.1, 0.15) is 23.2 Å². The Morgan fingerprint density at radius 3 is 2.94 bits per heavy atom. The quantitative estimate of drug-likeness (QED) is 0.620. The Balaban J connectivity index is 2.44. The number of carbonyl (C=O) groups is 1. The highest BCUT2D eigenvalue weighted by atomic mass is 35.5. The average molecular weight is 290 g/mol. The van der Waals surface area contributed by atoms with Crippen molar-refractivity contribution in [3.63, 3.8) is 0 Å². The Hall–Kier alpha value is -0.320. The topological polar surface area (TPSA) is 29.1 Å². The highest BCUT2D eigenvalue weighted by molar-refractivity contribution is 7.98. The highest BCUT2D eigenvalue weighted by Crippen LogP contribution is 2.19. The number of halogens is 1. The molecule has 94 valence electrons. The van der Waals surface area contributed by atoms with E-state index in [0.717, 1.165) is 23.5 Å². The zero-order chi connectivity index (χ0) is 12.7. The van der Waals surface area contributed by atoms with Crippen LogP contribution >= 0.6 is 36.0 Å². The molecule has 1 amide bonds. The molecule has 2 nitrogen and oxygen atoms in total. The van der Waals surface area contributed by atoms with E-state index in [0.29, 0.717) is 17.1 Å². The number of rotatable bonds is 6.